The van der Waals surface area contributed by atoms with Gasteiger partial charge in [-0.1, -0.05) is 37.0 Å². The zero-order valence-electron chi connectivity index (χ0n) is 11.8. The number of hydrogen-bond acceptors (Lipinski definition) is 3. The first-order valence-corrected chi connectivity index (χ1v) is 8.28. The minimum Gasteiger partial charge on any atom is -0.352 e. The number of halogens is 2. The molecule has 2 rings (SSSR count). The molecule has 21 heavy (non-hydrogen) atoms. The third-order valence-electron chi connectivity index (χ3n) is 2.96. The predicted octanol–water partition coefficient (Wildman–Crippen LogP) is 4.55. The Hall–Kier alpha value is -1.10. The van der Waals surface area contributed by atoms with E-state index in [2.05, 4.69) is 29.5 Å². The van der Waals surface area contributed by atoms with Crippen LogP contribution < -0.4 is 5.32 Å². The normalized spacial score (nSPS) is 10.9. The zero-order valence-corrected chi connectivity index (χ0v) is 14.1. The van der Waals surface area contributed by atoms with Crippen LogP contribution in [0.2, 0.25) is 10.0 Å². The molecule has 0 saturated heterocycles. The first kappa shape index (κ1) is 16.3. The van der Waals surface area contributed by atoms with Crippen LogP contribution in [-0.2, 0) is 6.42 Å². The largest absolute Gasteiger partial charge is 0.352 e. The van der Waals surface area contributed by atoms with Gasteiger partial charge in [0.15, 0.2) is 0 Å². The molecule has 2 aromatic rings. The quantitative estimate of drug-likeness (QED) is 0.866. The molecule has 1 aromatic carbocycles. The van der Waals surface area contributed by atoms with Gasteiger partial charge in [0.2, 0.25) is 0 Å². The lowest BCUT2D eigenvalue weighted by molar-refractivity contribution is 0.0954. The van der Waals surface area contributed by atoms with Gasteiger partial charge in [0.05, 0.1) is 21.3 Å². The maximum Gasteiger partial charge on any atom is 0.252 e. The van der Waals surface area contributed by atoms with Crippen LogP contribution in [0.25, 0.3) is 0 Å². The highest BCUT2D eigenvalue weighted by Crippen LogP contribution is 2.21. The van der Waals surface area contributed by atoms with Crippen LogP contribution in [0.5, 0.6) is 0 Å². The summed E-state index contributed by atoms with van der Waals surface area (Å²) in [6.07, 6.45) is 0.710. The van der Waals surface area contributed by atoms with Gasteiger partial charge in [0.1, 0.15) is 0 Å². The summed E-state index contributed by atoms with van der Waals surface area (Å²) in [6, 6.07) is 4.84. The van der Waals surface area contributed by atoms with Crippen molar-refractivity contribution in [2.24, 2.45) is 0 Å². The van der Waals surface area contributed by atoms with Gasteiger partial charge in [0.25, 0.3) is 5.91 Å². The predicted molar refractivity (Wildman–Crippen MR) is 88.7 cm³/mol. The molecule has 0 spiro atoms. The highest BCUT2D eigenvalue weighted by molar-refractivity contribution is 7.09. The van der Waals surface area contributed by atoms with Gasteiger partial charge >= 0.3 is 0 Å². The third kappa shape index (κ3) is 4.43. The number of hydrogen-bond donors (Lipinski definition) is 1. The van der Waals surface area contributed by atoms with Crippen molar-refractivity contribution in [3.63, 3.8) is 0 Å². The topological polar surface area (TPSA) is 42.0 Å². The number of benzene rings is 1. The van der Waals surface area contributed by atoms with Crippen molar-refractivity contribution >= 4 is 40.4 Å². The van der Waals surface area contributed by atoms with E-state index in [1.54, 1.807) is 29.5 Å². The number of rotatable bonds is 5. The summed E-state index contributed by atoms with van der Waals surface area (Å²) >= 11 is 13.5. The summed E-state index contributed by atoms with van der Waals surface area (Å²) in [6.45, 7) is 4.75. The minimum atomic E-state index is -0.219. The zero-order chi connectivity index (χ0) is 15.4. The number of thiazole rings is 1. The van der Waals surface area contributed by atoms with E-state index in [1.807, 2.05) is 0 Å². The van der Waals surface area contributed by atoms with Gasteiger partial charge in [-0.3, -0.25) is 4.79 Å². The Kier molecular flexibility index (Phi) is 5.62. The Morgan fingerprint density at radius 2 is 2.14 bits per heavy atom. The highest BCUT2D eigenvalue weighted by Gasteiger charge is 2.11. The van der Waals surface area contributed by atoms with Crippen molar-refractivity contribution in [2.45, 2.75) is 26.2 Å². The van der Waals surface area contributed by atoms with E-state index in [0.29, 0.717) is 34.5 Å². The lowest BCUT2D eigenvalue weighted by atomic mass is 10.2. The molecule has 112 valence electrons. The smallest absolute Gasteiger partial charge is 0.252 e. The van der Waals surface area contributed by atoms with E-state index in [1.165, 1.54) is 0 Å². The standard InChI is InChI=1S/C15H16Cl2N2OS/c1-9(2)13-8-21-14(19-13)5-6-18-15(20)11-7-10(16)3-4-12(11)17/h3-4,7-9H,5-6H2,1-2H3,(H,18,20). The van der Waals surface area contributed by atoms with Crippen molar-refractivity contribution in [2.75, 3.05) is 6.54 Å². The van der Waals surface area contributed by atoms with E-state index in [-0.39, 0.29) is 5.91 Å². The second-order valence-corrected chi connectivity index (χ2v) is 6.74. The first-order chi connectivity index (χ1) is 9.97. The Balaban J connectivity index is 1.90. The fraction of sp³-hybridized carbons (Fsp3) is 0.333. The van der Waals surface area contributed by atoms with Gasteiger partial charge < -0.3 is 5.32 Å². The van der Waals surface area contributed by atoms with Crippen molar-refractivity contribution in [1.82, 2.24) is 10.3 Å². The second-order valence-electron chi connectivity index (χ2n) is 4.95. The monoisotopic (exact) mass is 342 g/mol. The first-order valence-electron chi connectivity index (χ1n) is 6.65. The average Bonchev–Trinajstić information content (AvgIpc) is 2.90. The van der Waals surface area contributed by atoms with Crippen molar-refractivity contribution < 1.29 is 4.79 Å². The number of amides is 1. The lowest BCUT2D eigenvalue weighted by Crippen LogP contribution is -2.26. The van der Waals surface area contributed by atoms with Crippen molar-refractivity contribution in [3.05, 3.63) is 49.9 Å². The molecule has 1 N–H and O–H groups in total. The van der Waals surface area contributed by atoms with Crippen molar-refractivity contribution in [3.8, 4) is 0 Å². The molecule has 0 atom stereocenters. The summed E-state index contributed by atoms with van der Waals surface area (Å²) < 4.78 is 0. The molecule has 0 radical (unpaired) electrons. The number of nitrogens with one attached hydrogen (secondary N) is 1. The Morgan fingerprint density at radius 3 is 2.81 bits per heavy atom. The molecule has 3 nitrogen and oxygen atoms in total. The molecule has 6 heteroatoms. The molecule has 0 saturated carbocycles. The molecule has 0 aliphatic heterocycles. The second kappa shape index (κ2) is 7.25. The van der Waals surface area contributed by atoms with Crippen LogP contribution in [0, 0.1) is 0 Å². The Labute approximate surface area is 138 Å². The highest BCUT2D eigenvalue weighted by atomic mass is 35.5. The molecule has 0 fully saturated rings. The summed E-state index contributed by atoms with van der Waals surface area (Å²) in [5.74, 6) is 0.206. The summed E-state index contributed by atoms with van der Waals surface area (Å²) in [5.41, 5.74) is 1.49. The van der Waals surface area contributed by atoms with Gasteiger partial charge in [-0.2, -0.15) is 0 Å². The molecule has 0 aliphatic carbocycles. The molecule has 0 bridgehead atoms. The van der Waals surface area contributed by atoms with E-state index in [0.717, 1.165) is 10.7 Å². The molecule has 0 aliphatic rings. The molecule has 0 unspecified atom stereocenters. The van der Waals surface area contributed by atoms with Gasteiger partial charge in [0, 0.05) is 23.4 Å². The van der Waals surface area contributed by atoms with Crippen LogP contribution >= 0.6 is 34.5 Å². The Bertz CT molecular complexity index is 640. The van der Waals surface area contributed by atoms with Crippen LogP contribution in [0.1, 0.15) is 40.8 Å². The SMILES string of the molecule is CC(C)c1csc(CCNC(=O)c2cc(Cl)ccc2Cl)n1. The van der Waals surface area contributed by atoms with Crippen LogP contribution in [0.15, 0.2) is 23.6 Å². The third-order valence-corrected chi connectivity index (χ3v) is 4.45. The number of carbonyl (C=O) groups is 1. The van der Waals surface area contributed by atoms with E-state index < -0.39 is 0 Å². The maximum absolute atomic E-state index is 12.1. The average molecular weight is 343 g/mol. The number of nitrogens with zero attached hydrogens (tertiary/aromatic N) is 1. The van der Waals surface area contributed by atoms with E-state index in [9.17, 15) is 4.79 Å². The number of aromatic nitrogens is 1. The van der Waals surface area contributed by atoms with E-state index in [4.69, 9.17) is 23.2 Å². The molecule has 1 amide bonds. The Morgan fingerprint density at radius 1 is 1.38 bits per heavy atom. The van der Waals surface area contributed by atoms with Crippen LogP contribution in [-0.4, -0.2) is 17.4 Å². The molecule has 1 aromatic heterocycles. The van der Waals surface area contributed by atoms with Crippen molar-refractivity contribution in [1.29, 1.82) is 0 Å². The summed E-state index contributed by atoms with van der Waals surface area (Å²) in [4.78, 5) is 16.6. The lowest BCUT2D eigenvalue weighted by Gasteiger charge is -2.06. The van der Waals surface area contributed by atoms with Crippen LogP contribution in [0.4, 0.5) is 0 Å². The van der Waals surface area contributed by atoms with E-state index >= 15 is 0 Å². The minimum absolute atomic E-state index is 0.219. The maximum atomic E-state index is 12.1. The van der Waals surface area contributed by atoms with Gasteiger partial charge in [-0.25, -0.2) is 4.98 Å². The number of carbonyl (C=O) groups excluding carboxylic acids is 1. The van der Waals surface area contributed by atoms with Gasteiger partial charge in [-0.05, 0) is 24.1 Å². The molecule has 1 heterocycles. The van der Waals surface area contributed by atoms with Crippen LogP contribution in [0.3, 0.4) is 0 Å². The summed E-state index contributed by atoms with van der Waals surface area (Å²) in [7, 11) is 0. The van der Waals surface area contributed by atoms with Gasteiger partial charge in [-0.15, -0.1) is 11.3 Å². The molecular weight excluding hydrogens is 327 g/mol. The fourth-order valence-corrected chi connectivity index (χ4v) is 3.09. The fourth-order valence-electron chi connectivity index (χ4n) is 1.75. The molecular formula is C15H16Cl2N2OS. The summed E-state index contributed by atoms with van der Waals surface area (Å²) in [5, 5.41) is 6.82.